The second-order valence-corrected chi connectivity index (χ2v) is 15.9. The van der Waals surface area contributed by atoms with Crippen LogP contribution in [0, 0.1) is 29.1 Å². The van der Waals surface area contributed by atoms with E-state index in [4.69, 9.17) is 14.1 Å². The first kappa shape index (κ1) is 44.0. The number of likely N-dealkylation sites (N-methyl/N-ethyl adjacent to an activating group) is 1. The molecule has 0 bridgehead atoms. The molecule has 2 saturated carbocycles. The third-order valence-corrected chi connectivity index (χ3v) is 10.9. The third-order valence-electron chi connectivity index (χ3n) is 10.9. The second kappa shape index (κ2) is 21.0. The van der Waals surface area contributed by atoms with Gasteiger partial charge in [-0.3, -0.25) is 24.0 Å². The van der Waals surface area contributed by atoms with Crippen molar-refractivity contribution in [2.75, 3.05) is 12.4 Å². The van der Waals surface area contributed by atoms with Gasteiger partial charge < -0.3 is 35.4 Å². The first-order valence-electron chi connectivity index (χ1n) is 20.6. The van der Waals surface area contributed by atoms with Gasteiger partial charge in [-0.2, -0.15) is 5.26 Å². The zero-order valence-electron chi connectivity index (χ0n) is 34.6. The highest BCUT2D eigenvalue weighted by molar-refractivity contribution is 5.97. The first-order valence-corrected chi connectivity index (χ1v) is 20.6. The van der Waals surface area contributed by atoms with E-state index in [1.165, 1.54) is 13.3 Å². The topological polar surface area (TPSA) is 196 Å². The van der Waals surface area contributed by atoms with Gasteiger partial charge >= 0.3 is 0 Å². The van der Waals surface area contributed by atoms with Crippen LogP contribution in [0.25, 0.3) is 22.6 Å². The van der Waals surface area contributed by atoms with Gasteiger partial charge in [-0.15, -0.1) is 0 Å². The number of nitriles is 1. The van der Waals surface area contributed by atoms with Crippen molar-refractivity contribution in [2.24, 2.45) is 17.8 Å². The second-order valence-electron chi connectivity index (χ2n) is 15.9. The van der Waals surface area contributed by atoms with Gasteiger partial charge in [-0.05, 0) is 130 Å². The molecule has 2 aliphatic carbocycles. The van der Waals surface area contributed by atoms with Crippen LogP contribution in [0.2, 0.25) is 0 Å². The maximum atomic E-state index is 12.8. The summed E-state index contributed by atoms with van der Waals surface area (Å²) < 4.78 is 11.5. The maximum absolute atomic E-state index is 12.8. The lowest BCUT2D eigenvalue weighted by Gasteiger charge is -2.32. The number of carbonyl (C=O) groups excluding carboxylic acids is 5. The van der Waals surface area contributed by atoms with Crippen molar-refractivity contribution >= 4 is 35.2 Å². The van der Waals surface area contributed by atoms with Crippen molar-refractivity contribution in [3.63, 3.8) is 0 Å². The summed E-state index contributed by atoms with van der Waals surface area (Å²) in [6.07, 6.45) is 9.17. The normalized spacial score (nSPS) is 17.6. The Morgan fingerprint density at radius 2 is 1.14 bits per heavy atom. The van der Waals surface area contributed by atoms with Gasteiger partial charge in [0.25, 0.3) is 11.8 Å². The van der Waals surface area contributed by atoms with Crippen molar-refractivity contribution in [3.05, 3.63) is 89.9 Å². The summed E-state index contributed by atoms with van der Waals surface area (Å²) in [7, 11) is 1.59. The maximum Gasteiger partial charge on any atom is 0.287 e. The third kappa shape index (κ3) is 12.4. The van der Waals surface area contributed by atoms with Gasteiger partial charge in [0.2, 0.25) is 17.7 Å². The van der Waals surface area contributed by atoms with E-state index in [0.29, 0.717) is 28.7 Å². The lowest BCUT2D eigenvalue weighted by Crippen LogP contribution is -2.52. The molecule has 0 aliphatic heterocycles. The Balaban J connectivity index is 0.000000224. The number of furan rings is 2. The molecule has 2 aromatic heterocycles. The van der Waals surface area contributed by atoms with Crippen LogP contribution < -0.4 is 26.6 Å². The molecule has 5 N–H and O–H groups in total. The Labute approximate surface area is 346 Å². The Morgan fingerprint density at radius 1 is 0.644 bits per heavy atom. The highest BCUT2D eigenvalue weighted by atomic mass is 16.4. The van der Waals surface area contributed by atoms with Crippen molar-refractivity contribution in [3.8, 4) is 28.7 Å². The zero-order valence-corrected chi connectivity index (χ0v) is 34.6. The van der Waals surface area contributed by atoms with Crippen LogP contribution in [0.5, 0.6) is 0 Å². The molecule has 312 valence electrons. The summed E-state index contributed by atoms with van der Waals surface area (Å²) in [6, 6.07) is 21.7. The van der Waals surface area contributed by atoms with E-state index in [-0.39, 0.29) is 53.0 Å². The Hall–Kier alpha value is -6.16. The molecule has 0 radical (unpaired) electrons. The lowest BCUT2D eigenvalue weighted by molar-refractivity contribution is -0.125. The van der Waals surface area contributed by atoms with Crippen molar-refractivity contribution in [2.45, 2.75) is 104 Å². The summed E-state index contributed by atoms with van der Waals surface area (Å²) in [5.74, 6) is 1.09. The fourth-order valence-electron chi connectivity index (χ4n) is 7.70. The quantitative estimate of drug-likeness (QED) is 0.0966. The molecule has 2 fully saturated rings. The lowest BCUT2D eigenvalue weighted by atomic mass is 9.79. The van der Waals surface area contributed by atoms with Gasteiger partial charge in [0.15, 0.2) is 11.5 Å². The molecule has 2 aliphatic rings. The monoisotopic (exact) mass is 804 g/mol. The molecule has 13 heteroatoms. The van der Waals surface area contributed by atoms with Crippen LogP contribution in [0.3, 0.4) is 0 Å². The van der Waals surface area contributed by atoms with E-state index in [1.807, 2.05) is 26.0 Å². The Kier molecular flexibility index (Phi) is 15.7. The number of amides is 5. The molecule has 59 heavy (non-hydrogen) atoms. The van der Waals surface area contributed by atoms with Crippen molar-refractivity contribution < 1.29 is 32.8 Å². The number of nitrogens with one attached hydrogen (secondary N) is 5. The van der Waals surface area contributed by atoms with Crippen LogP contribution in [0.15, 0.2) is 81.6 Å². The number of nitrogens with zero attached hydrogens (tertiary/aromatic N) is 1. The molecule has 5 amide bonds. The molecular formula is C46H56N6O7. The van der Waals surface area contributed by atoms with Crippen LogP contribution in [-0.2, 0) is 14.4 Å². The van der Waals surface area contributed by atoms with E-state index in [2.05, 4.69) is 39.6 Å². The largest absolute Gasteiger partial charge is 0.451 e. The zero-order chi connectivity index (χ0) is 42.5. The average Bonchev–Trinajstić information content (AvgIpc) is 3.94. The summed E-state index contributed by atoms with van der Waals surface area (Å²) in [4.78, 5) is 61.8. The van der Waals surface area contributed by atoms with E-state index >= 15 is 0 Å². The fourth-order valence-corrected chi connectivity index (χ4v) is 7.70. The van der Waals surface area contributed by atoms with E-state index in [9.17, 15) is 24.0 Å². The number of anilines is 1. The standard InChI is InChI=1S/C23H29N3O4.C23H27N3O3/c1-14-4-6-17(7-5-14)21(23(29)24-3)26-22(28)20-13-12-19(30-20)16-8-10-18(11-9-16)25-15(2)27;1-15(2)25-23(28)21(18-6-4-3-5-7-18)26-22(27)20-13-12-19(29-20)17-10-8-16(14-24)9-11-17/h8-14,17,21H,4-7H2,1-3H3,(H,24,29)(H,25,27)(H,26,28);8-13,15,18,21H,3-7H2,1-2H3,(H,25,28)(H,26,27)/t14?,17?,21-;21-/m00/s1. The minimum Gasteiger partial charge on any atom is -0.451 e. The van der Waals surface area contributed by atoms with Crippen LogP contribution in [0.1, 0.15) is 112 Å². The molecule has 0 spiro atoms. The van der Waals surface area contributed by atoms with Crippen molar-refractivity contribution in [1.82, 2.24) is 21.3 Å². The predicted molar refractivity (Wildman–Crippen MR) is 225 cm³/mol. The Morgan fingerprint density at radius 3 is 1.61 bits per heavy atom. The molecule has 13 nitrogen and oxygen atoms in total. The van der Waals surface area contributed by atoms with Crippen molar-refractivity contribution in [1.29, 1.82) is 5.26 Å². The molecule has 2 aromatic carbocycles. The minimum atomic E-state index is -0.569. The first-order chi connectivity index (χ1) is 28.3. The summed E-state index contributed by atoms with van der Waals surface area (Å²) >= 11 is 0. The SMILES string of the molecule is CC(C)NC(=O)[C@@H](NC(=O)c1ccc(-c2ccc(C#N)cc2)o1)C1CCCCC1.CNC(=O)[C@@H](NC(=O)c1ccc(-c2ccc(NC(C)=O)cc2)o1)C1CCC(C)CC1. The van der Waals surface area contributed by atoms with Gasteiger partial charge in [-0.25, -0.2) is 0 Å². The minimum absolute atomic E-state index is 0.0112. The van der Waals surface area contributed by atoms with Crippen LogP contribution in [0.4, 0.5) is 5.69 Å². The molecule has 0 saturated heterocycles. The summed E-state index contributed by atoms with van der Waals surface area (Å²) in [5, 5.41) is 23.0. The van der Waals surface area contributed by atoms with E-state index < -0.39 is 18.0 Å². The highest BCUT2D eigenvalue weighted by Crippen LogP contribution is 2.32. The number of rotatable bonds is 12. The van der Waals surface area contributed by atoms with Gasteiger partial charge in [-0.1, -0.05) is 39.0 Å². The van der Waals surface area contributed by atoms with Gasteiger partial charge in [0.1, 0.15) is 23.6 Å². The predicted octanol–water partition coefficient (Wildman–Crippen LogP) is 7.60. The number of benzene rings is 2. The molecule has 4 aromatic rings. The molecule has 6 rings (SSSR count). The van der Waals surface area contributed by atoms with Crippen LogP contribution in [-0.4, -0.2) is 54.7 Å². The summed E-state index contributed by atoms with van der Waals surface area (Å²) in [5.41, 5.74) is 2.81. The average molecular weight is 805 g/mol. The number of hydrogen-bond acceptors (Lipinski definition) is 8. The smallest absolute Gasteiger partial charge is 0.287 e. The highest BCUT2D eigenvalue weighted by Gasteiger charge is 2.34. The van der Waals surface area contributed by atoms with E-state index in [1.54, 1.807) is 67.7 Å². The molecular weight excluding hydrogens is 749 g/mol. The summed E-state index contributed by atoms with van der Waals surface area (Å²) in [6.45, 7) is 7.49. The number of hydrogen-bond donors (Lipinski definition) is 5. The molecule has 2 atom stereocenters. The van der Waals surface area contributed by atoms with Crippen LogP contribution >= 0.6 is 0 Å². The number of carbonyl (C=O) groups is 5. The van der Waals surface area contributed by atoms with Gasteiger partial charge in [0, 0.05) is 36.8 Å². The fraction of sp³-hybridized carbons (Fsp3) is 0.435. The molecule has 2 heterocycles. The Bertz CT molecular complexity index is 2080. The van der Waals surface area contributed by atoms with E-state index in [0.717, 1.165) is 62.5 Å². The van der Waals surface area contributed by atoms with Gasteiger partial charge in [0.05, 0.1) is 11.6 Å². The molecule has 0 unspecified atom stereocenters.